The summed E-state index contributed by atoms with van der Waals surface area (Å²) in [7, 11) is 0. The molecule has 0 aliphatic heterocycles. The number of benzene rings is 2. The van der Waals surface area contributed by atoms with E-state index in [1.165, 1.54) is 0 Å². The van der Waals surface area contributed by atoms with Crippen molar-refractivity contribution >= 4 is 75.5 Å². The Labute approximate surface area is 209 Å². The molecule has 0 aliphatic rings. The minimum absolute atomic E-state index is 0.292. The number of aromatic nitrogens is 4. The summed E-state index contributed by atoms with van der Waals surface area (Å²) >= 11 is 7.37. The maximum atomic E-state index is 9.90. The summed E-state index contributed by atoms with van der Waals surface area (Å²) in [5.41, 5.74) is 4.97. The van der Waals surface area contributed by atoms with E-state index in [4.69, 9.17) is 4.98 Å². The van der Waals surface area contributed by atoms with E-state index in [1.807, 2.05) is 24.3 Å². The van der Waals surface area contributed by atoms with Gasteiger partial charge in [0.05, 0.1) is 33.2 Å². The monoisotopic (exact) mass is 564 g/mol. The van der Waals surface area contributed by atoms with Crippen LogP contribution in [0.1, 0.15) is 11.1 Å². The third-order valence-electron chi connectivity index (χ3n) is 5.85. The molecular weight excluding hydrogens is 556 g/mol. The maximum Gasteiger partial charge on any atom is 0.101 e. The maximum absolute atomic E-state index is 9.90. The van der Waals surface area contributed by atoms with Gasteiger partial charge in [-0.05, 0) is 62.2 Å². The largest absolute Gasteiger partial charge is 0.254 e. The zero-order valence-electron chi connectivity index (χ0n) is 17.2. The Hall–Kier alpha value is -3.98. The summed E-state index contributed by atoms with van der Waals surface area (Å²) < 4.78 is 1.78. The molecule has 0 N–H and O–H groups in total. The molecule has 34 heavy (non-hydrogen) atoms. The lowest BCUT2D eigenvalue weighted by Gasteiger charge is -2.11. The first-order valence-corrected chi connectivity index (χ1v) is 11.7. The van der Waals surface area contributed by atoms with Gasteiger partial charge in [0.25, 0.3) is 0 Å². The normalized spacial score (nSPS) is 11.2. The molecular formula is C26H10Br2N6. The highest BCUT2D eigenvalue weighted by Gasteiger charge is 2.18. The summed E-state index contributed by atoms with van der Waals surface area (Å²) in [5, 5.41) is 22.8. The van der Waals surface area contributed by atoms with E-state index < -0.39 is 0 Å². The first kappa shape index (κ1) is 20.6. The fourth-order valence-corrected chi connectivity index (χ4v) is 5.33. The SMILES string of the molecule is N#Cc1c(C#N)c2cc(-c3cnc4c(c3)c(Br)c(Br)c3cccnc34)cnc2c2ncccc12. The molecule has 0 aliphatic carbocycles. The minimum atomic E-state index is 0.292. The zero-order chi connectivity index (χ0) is 23.4. The lowest BCUT2D eigenvalue weighted by Crippen LogP contribution is -1.95. The Bertz CT molecular complexity index is 1920. The molecule has 2 aromatic carbocycles. The van der Waals surface area contributed by atoms with Crippen molar-refractivity contribution in [3.05, 3.63) is 81.3 Å². The van der Waals surface area contributed by atoms with E-state index in [9.17, 15) is 10.5 Å². The van der Waals surface area contributed by atoms with E-state index in [2.05, 4.69) is 59.0 Å². The highest BCUT2D eigenvalue weighted by molar-refractivity contribution is 9.13. The van der Waals surface area contributed by atoms with Gasteiger partial charge in [-0.25, -0.2) is 0 Å². The van der Waals surface area contributed by atoms with Crippen LogP contribution in [-0.2, 0) is 0 Å². The molecule has 6 rings (SSSR count). The van der Waals surface area contributed by atoms with Gasteiger partial charge in [-0.2, -0.15) is 10.5 Å². The van der Waals surface area contributed by atoms with Crippen LogP contribution in [0.4, 0.5) is 0 Å². The summed E-state index contributed by atoms with van der Waals surface area (Å²) in [6.45, 7) is 0. The Morgan fingerprint density at radius 3 is 1.71 bits per heavy atom. The summed E-state index contributed by atoms with van der Waals surface area (Å²) in [5.74, 6) is 0. The molecule has 4 aromatic heterocycles. The Morgan fingerprint density at radius 2 is 1.06 bits per heavy atom. The molecule has 4 heterocycles. The number of fused-ring (bicyclic) bond motifs is 6. The van der Waals surface area contributed by atoms with Gasteiger partial charge in [0.1, 0.15) is 12.1 Å². The number of rotatable bonds is 1. The van der Waals surface area contributed by atoms with Gasteiger partial charge in [0, 0.05) is 66.4 Å². The predicted octanol–water partition coefficient (Wildman–Crippen LogP) is 6.81. The van der Waals surface area contributed by atoms with Crippen molar-refractivity contribution in [2.75, 3.05) is 0 Å². The van der Waals surface area contributed by atoms with Crippen molar-refractivity contribution in [2.24, 2.45) is 0 Å². The van der Waals surface area contributed by atoms with Crippen LogP contribution in [0.15, 0.2) is 70.1 Å². The van der Waals surface area contributed by atoms with Crippen molar-refractivity contribution in [2.45, 2.75) is 0 Å². The topological polar surface area (TPSA) is 99.1 Å². The van der Waals surface area contributed by atoms with E-state index >= 15 is 0 Å². The molecule has 158 valence electrons. The molecule has 0 saturated heterocycles. The molecule has 0 atom stereocenters. The van der Waals surface area contributed by atoms with Crippen molar-refractivity contribution in [1.82, 2.24) is 19.9 Å². The standard InChI is InChI=1S/C26H10Br2N6/c27-21-16-4-2-6-32-24(16)26-18(22(21)28)8-14(12-34-26)13-7-17-20(10-30)19(9-29)15-3-1-5-31-23(15)25(17)33-11-13/h1-8,11-12H. The molecule has 0 unspecified atom stereocenters. The van der Waals surface area contributed by atoms with Crippen LogP contribution in [-0.4, -0.2) is 19.9 Å². The van der Waals surface area contributed by atoms with Gasteiger partial charge in [-0.15, -0.1) is 0 Å². The van der Waals surface area contributed by atoms with Gasteiger partial charge in [-0.3, -0.25) is 19.9 Å². The second kappa shape index (κ2) is 7.81. The van der Waals surface area contributed by atoms with Crippen LogP contribution in [0.25, 0.3) is 54.7 Å². The van der Waals surface area contributed by atoms with Crippen LogP contribution >= 0.6 is 31.9 Å². The van der Waals surface area contributed by atoms with Gasteiger partial charge >= 0.3 is 0 Å². The van der Waals surface area contributed by atoms with Crippen molar-refractivity contribution in [3.63, 3.8) is 0 Å². The number of pyridine rings is 4. The number of nitriles is 2. The summed E-state index contributed by atoms with van der Waals surface area (Å²) in [6.07, 6.45) is 6.93. The molecule has 0 radical (unpaired) electrons. The van der Waals surface area contributed by atoms with Gasteiger partial charge < -0.3 is 0 Å². The predicted molar refractivity (Wildman–Crippen MR) is 138 cm³/mol. The van der Waals surface area contributed by atoms with Gasteiger partial charge in [0.15, 0.2) is 0 Å². The quantitative estimate of drug-likeness (QED) is 0.203. The fourth-order valence-electron chi connectivity index (χ4n) is 4.29. The zero-order valence-corrected chi connectivity index (χ0v) is 20.4. The van der Waals surface area contributed by atoms with E-state index in [1.54, 1.807) is 36.9 Å². The molecule has 0 spiro atoms. The third kappa shape index (κ3) is 2.90. The number of hydrogen-bond acceptors (Lipinski definition) is 6. The number of nitrogens with zero attached hydrogens (tertiary/aromatic N) is 6. The van der Waals surface area contributed by atoms with Crippen molar-refractivity contribution < 1.29 is 0 Å². The highest BCUT2D eigenvalue weighted by atomic mass is 79.9. The first-order valence-electron chi connectivity index (χ1n) is 10.1. The van der Waals surface area contributed by atoms with Crippen LogP contribution in [0.5, 0.6) is 0 Å². The van der Waals surface area contributed by atoms with Crippen LogP contribution in [0, 0.1) is 22.7 Å². The van der Waals surface area contributed by atoms with E-state index in [0.717, 1.165) is 41.9 Å². The lowest BCUT2D eigenvalue weighted by atomic mass is 9.96. The fraction of sp³-hybridized carbons (Fsp3) is 0. The van der Waals surface area contributed by atoms with Crippen LogP contribution < -0.4 is 0 Å². The van der Waals surface area contributed by atoms with Crippen LogP contribution in [0.3, 0.4) is 0 Å². The first-order chi connectivity index (χ1) is 16.6. The number of hydrogen-bond donors (Lipinski definition) is 0. The minimum Gasteiger partial charge on any atom is -0.254 e. The Kier molecular flexibility index (Phi) is 4.73. The third-order valence-corrected chi connectivity index (χ3v) is 8.03. The van der Waals surface area contributed by atoms with Crippen molar-refractivity contribution in [3.8, 4) is 23.3 Å². The van der Waals surface area contributed by atoms with E-state index in [0.29, 0.717) is 32.9 Å². The molecule has 6 nitrogen and oxygen atoms in total. The van der Waals surface area contributed by atoms with Gasteiger partial charge in [0.2, 0.25) is 0 Å². The second-order valence-electron chi connectivity index (χ2n) is 7.64. The molecule has 0 amide bonds. The lowest BCUT2D eigenvalue weighted by molar-refractivity contribution is 1.34. The van der Waals surface area contributed by atoms with Gasteiger partial charge in [-0.1, -0.05) is 6.07 Å². The summed E-state index contributed by atoms with van der Waals surface area (Å²) in [4.78, 5) is 18.3. The average Bonchev–Trinajstić information content (AvgIpc) is 2.90. The number of halogens is 2. The Balaban J connectivity index is 1.66. The van der Waals surface area contributed by atoms with Crippen LogP contribution in [0.2, 0.25) is 0 Å². The molecule has 6 aromatic rings. The molecule has 0 fully saturated rings. The second-order valence-corrected chi connectivity index (χ2v) is 9.23. The molecule has 0 bridgehead atoms. The average molecular weight is 566 g/mol. The smallest absolute Gasteiger partial charge is 0.101 e. The Morgan fingerprint density at radius 1 is 0.588 bits per heavy atom. The molecule has 8 heteroatoms. The summed E-state index contributed by atoms with van der Waals surface area (Å²) in [6, 6.07) is 15.7. The highest BCUT2D eigenvalue weighted by Crippen LogP contribution is 2.40. The molecule has 0 saturated carbocycles. The van der Waals surface area contributed by atoms with Crippen molar-refractivity contribution in [1.29, 1.82) is 10.5 Å². The van der Waals surface area contributed by atoms with E-state index in [-0.39, 0.29) is 0 Å².